The minimum absolute atomic E-state index is 0.223. The fraction of sp³-hybridized carbons (Fsp3) is 0.167. The molecule has 0 fully saturated rings. The number of benzene rings is 3. The van der Waals surface area contributed by atoms with Gasteiger partial charge in [0, 0.05) is 17.8 Å². The molecule has 0 aliphatic heterocycles. The number of aromatic nitrogens is 2. The Morgan fingerprint density at radius 1 is 1.12 bits per heavy atom. The van der Waals surface area contributed by atoms with Crippen LogP contribution in [0.1, 0.15) is 27.3 Å². The quantitative estimate of drug-likeness (QED) is 0.364. The third-order valence-electron chi connectivity index (χ3n) is 5.21. The highest BCUT2D eigenvalue weighted by molar-refractivity contribution is 6.31. The lowest BCUT2D eigenvalue weighted by molar-refractivity contribution is -0.137. The summed E-state index contributed by atoms with van der Waals surface area (Å²) in [5, 5.41) is 3.15. The second kappa shape index (κ2) is 8.88. The van der Waals surface area contributed by atoms with Gasteiger partial charge in [0.2, 0.25) is 0 Å². The fourth-order valence-electron chi connectivity index (χ4n) is 3.66. The number of halogens is 4. The van der Waals surface area contributed by atoms with Crippen LogP contribution in [0.4, 0.5) is 18.9 Å². The Balaban J connectivity index is 1.79. The highest BCUT2D eigenvalue weighted by Crippen LogP contribution is 2.33. The molecule has 0 saturated heterocycles. The molecule has 5 nitrogen and oxygen atoms in total. The van der Waals surface area contributed by atoms with Crippen LogP contribution in [0.5, 0.6) is 0 Å². The van der Waals surface area contributed by atoms with Gasteiger partial charge in [-0.2, -0.15) is 13.2 Å². The normalized spacial score (nSPS) is 11.7. The molecule has 1 aromatic heterocycles. The Morgan fingerprint density at radius 2 is 1.88 bits per heavy atom. The minimum Gasteiger partial charge on any atom is -0.377 e. The largest absolute Gasteiger partial charge is 0.417 e. The van der Waals surface area contributed by atoms with Crippen molar-refractivity contribution in [3.63, 3.8) is 0 Å². The molecule has 0 bridgehead atoms. The van der Waals surface area contributed by atoms with Gasteiger partial charge >= 0.3 is 6.18 Å². The molecule has 1 N–H and O–H groups in total. The molecule has 0 radical (unpaired) electrons. The van der Waals surface area contributed by atoms with Gasteiger partial charge in [0.1, 0.15) is 12.4 Å². The van der Waals surface area contributed by atoms with Crippen LogP contribution < -0.4 is 5.32 Å². The van der Waals surface area contributed by atoms with Crippen molar-refractivity contribution in [3.8, 4) is 5.69 Å². The van der Waals surface area contributed by atoms with E-state index in [4.69, 9.17) is 16.3 Å². The number of anilines is 1. The molecule has 9 heteroatoms. The van der Waals surface area contributed by atoms with Crippen LogP contribution in [-0.2, 0) is 17.5 Å². The molecule has 1 amide bonds. The molecule has 4 aromatic rings. The molecule has 4 rings (SSSR count). The van der Waals surface area contributed by atoms with Crippen molar-refractivity contribution in [2.45, 2.75) is 19.7 Å². The summed E-state index contributed by atoms with van der Waals surface area (Å²) in [7, 11) is 1.55. The van der Waals surface area contributed by atoms with Crippen LogP contribution in [0.3, 0.4) is 0 Å². The number of nitrogens with zero attached hydrogens (tertiary/aromatic N) is 2. The van der Waals surface area contributed by atoms with Gasteiger partial charge in [-0.25, -0.2) is 4.98 Å². The zero-order chi connectivity index (χ0) is 23.8. The molecule has 170 valence electrons. The van der Waals surface area contributed by atoms with Crippen LogP contribution in [-0.4, -0.2) is 22.6 Å². The van der Waals surface area contributed by atoms with Crippen LogP contribution in [0.2, 0.25) is 5.02 Å². The molecule has 33 heavy (non-hydrogen) atoms. The first-order valence-electron chi connectivity index (χ1n) is 9.94. The third-order valence-corrected chi connectivity index (χ3v) is 5.62. The zero-order valence-electron chi connectivity index (χ0n) is 17.7. The van der Waals surface area contributed by atoms with Crippen LogP contribution in [0.15, 0.2) is 60.7 Å². The first-order valence-corrected chi connectivity index (χ1v) is 10.3. The number of imidazole rings is 1. The smallest absolute Gasteiger partial charge is 0.377 e. The van der Waals surface area contributed by atoms with Crippen LogP contribution >= 0.6 is 11.6 Å². The van der Waals surface area contributed by atoms with Gasteiger partial charge < -0.3 is 10.1 Å². The van der Waals surface area contributed by atoms with Crippen molar-refractivity contribution < 1.29 is 22.7 Å². The van der Waals surface area contributed by atoms with Gasteiger partial charge in [0.15, 0.2) is 0 Å². The summed E-state index contributed by atoms with van der Waals surface area (Å²) >= 11 is 6.32. The van der Waals surface area contributed by atoms with Gasteiger partial charge in [-0.15, -0.1) is 0 Å². The number of carbonyl (C=O) groups excluding carboxylic acids is 1. The lowest BCUT2D eigenvalue weighted by Gasteiger charge is -2.14. The SMILES string of the molecule is COCc1nc2ccc(NC(=O)c3ccccc3C(F)(F)F)cc2n1-c1cccc(Cl)c1C. The number of rotatable bonds is 5. The predicted octanol–water partition coefficient (Wildman–Crippen LogP) is 6.40. The topological polar surface area (TPSA) is 56.1 Å². The molecular formula is C24H19ClF3N3O2. The van der Waals surface area contributed by atoms with E-state index in [1.54, 1.807) is 31.4 Å². The van der Waals surface area contributed by atoms with Gasteiger partial charge in [-0.05, 0) is 55.0 Å². The number of fused-ring (bicyclic) bond motifs is 1. The lowest BCUT2D eigenvalue weighted by Crippen LogP contribution is -2.18. The van der Waals surface area contributed by atoms with Crippen molar-refractivity contribution in [2.75, 3.05) is 12.4 Å². The summed E-state index contributed by atoms with van der Waals surface area (Å²) in [6, 6.07) is 15.1. The number of methoxy groups -OCH3 is 1. The lowest BCUT2D eigenvalue weighted by atomic mass is 10.1. The van der Waals surface area contributed by atoms with Crippen molar-refractivity contribution >= 4 is 34.2 Å². The maximum absolute atomic E-state index is 13.3. The Kier molecular flexibility index (Phi) is 6.14. The van der Waals surface area contributed by atoms with E-state index < -0.39 is 23.2 Å². The molecule has 0 atom stereocenters. The van der Waals surface area contributed by atoms with Gasteiger partial charge in [-0.1, -0.05) is 29.8 Å². The maximum atomic E-state index is 13.3. The van der Waals surface area contributed by atoms with E-state index in [1.165, 1.54) is 12.1 Å². The molecule has 3 aromatic carbocycles. The average Bonchev–Trinajstić information content (AvgIpc) is 3.12. The van der Waals surface area contributed by atoms with E-state index in [0.717, 1.165) is 23.4 Å². The molecule has 0 unspecified atom stereocenters. The Labute approximate surface area is 192 Å². The molecule has 0 aliphatic carbocycles. The fourth-order valence-corrected chi connectivity index (χ4v) is 3.83. The van der Waals surface area contributed by atoms with E-state index in [2.05, 4.69) is 10.3 Å². The number of hydrogen-bond acceptors (Lipinski definition) is 3. The monoisotopic (exact) mass is 473 g/mol. The summed E-state index contributed by atoms with van der Waals surface area (Å²) < 4.78 is 47.1. The molecule has 0 spiro atoms. The van der Waals surface area contributed by atoms with Crippen LogP contribution in [0.25, 0.3) is 16.7 Å². The number of carbonyl (C=O) groups is 1. The summed E-state index contributed by atoms with van der Waals surface area (Å²) in [6.45, 7) is 2.10. The number of nitrogens with one attached hydrogen (secondary N) is 1. The summed E-state index contributed by atoms with van der Waals surface area (Å²) in [5.41, 5.74) is 1.76. The number of amides is 1. The van der Waals surface area contributed by atoms with Gasteiger partial charge in [0.25, 0.3) is 5.91 Å². The summed E-state index contributed by atoms with van der Waals surface area (Å²) in [5.74, 6) is -0.242. The van der Waals surface area contributed by atoms with E-state index in [-0.39, 0.29) is 6.61 Å². The average molecular weight is 474 g/mol. The van der Waals surface area contributed by atoms with Crippen molar-refractivity contribution in [3.05, 3.63) is 88.2 Å². The number of alkyl halides is 3. The van der Waals surface area contributed by atoms with Crippen molar-refractivity contribution in [2.24, 2.45) is 0 Å². The molecule has 1 heterocycles. The highest BCUT2D eigenvalue weighted by atomic mass is 35.5. The number of ether oxygens (including phenoxy) is 1. The van der Waals surface area contributed by atoms with Crippen molar-refractivity contribution in [1.82, 2.24) is 9.55 Å². The van der Waals surface area contributed by atoms with E-state index >= 15 is 0 Å². The Morgan fingerprint density at radius 3 is 2.61 bits per heavy atom. The zero-order valence-corrected chi connectivity index (χ0v) is 18.5. The highest BCUT2D eigenvalue weighted by Gasteiger charge is 2.34. The summed E-state index contributed by atoms with van der Waals surface area (Å²) in [4.78, 5) is 17.3. The second-order valence-corrected chi connectivity index (χ2v) is 7.79. The third kappa shape index (κ3) is 4.44. The first kappa shape index (κ1) is 22.8. The Hall–Kier alpha value is -3.36. The molecule has 0 aliphatic rings. The van der Waals surface area contributed by atoms with E-state index in [1.807, 2.05) is 23.6 Å². The molecule has 0 saturated carbocycles. The number of hydrogen-bond donors (Lipinski definition) is 1. The van der Waals surface area contributed by atoms with Gasteiger partial charge in [-0.3, -0.25) is 9.36 Å². The second-order valence-electron chi connectivity index (χ2n) is 7.38. The standard InChI is InChI=1S/C24H19ClF3N3O2/c1-14-18(25)8-5-9-20(14)31-21-12-15(10-11-19(21)30-22(31)13-33-2)29-23(32)16-6-3-4-7-17(16)24(26,27)28/h3-12H,13H2,1-2H3,(H,29,32). The first-order chi connectivity index (χ1) is 15.7. The molecular weight excluding hydrogens is 455 g/mol. The van der Waals surface area contributed by atoms with Crippen molar-refractivity contribution in [1.29, 1.82) is 0 Å². The van der Waals surface area contributed by atoms with Gasteiger partial charge in [0.05, 0.1) is 27.8 Å². The minimum atomic E-state index is -4.64. The Bertz CT molecular complexity index is 1350. The predicted molar refractivity (Wildman–Crippen MR) is 121 cm³/mol. The van der Waals surface area contributed by atoms with Crippen LogP contribution in [0, 0.1) is 6.92 Å². The summed E-state index contributed by atoms with van der Waals surface area (Å²) in [6.07, 6.45) is -4.64. The van der Waals surface area contributed by atoms with E-state index in [9.17, 15) is 18.0 Å². The maximum Gasteiger partial charge on any atom is 0.417 e. The van der Waals surface area contributed by atoms with E-state index in [0.29, 0.717) is 27.6 Å².